The molecule has 1 aromatic rings. The first-order chi connectivity index (χ1) is 10.0. The summed E-state index contributed by atoms with van der Waals surface area (Å²) in [7, 11) is 1.57. The molecule has 110 valence electrons. The third-order valence-corrected chi connectivity index (χ3v) is 5.27. The van der Waals surface area contributed by atoms with Gasteiger partial charge in [-0.05, 0) is 45.9 Å². The second kappa shape index (κ2) is 7.54. The lowest BCUT2D eigenvalue weighted by Crippen LogP contribution is -1.92. The maximum Gasteiger partial charge on any atom is 0.244 e. The highest BCUT2D eigenvalue weighted by atomic mass is 79.9. The van der Waals surface area contributed by atoms with Crippen LogP contribution in [0.3, 0.4) is 0 Å². The number of nitrogens with zero attached hydrogens (tertiary/aromatic N) is 1. The molecule has 0 aromatic heterocycles. The van der Waals surface area contributed by atoms with E-state index in [0.717, 1.165) is 26.4 Å². The Hall–Kier alpha value is -0.690. The maximum absolute atomic E-state index is 12.0. The van der Waals surface area contributed by atoms with Crippen molar-refractivity contribution in [2.75, 3.05) is 12.9 Å². The lowest BCUT2D eigenvalue weighted by Gasteiger charge is -2.08. The zero-order valence-corrected chi connectivity index (χ0v) is 15.0. The van der Waals surface area contributed by atoms with Crippen LogP contribution in [0.2, 0.25) is 5.02 Å². The Balaban J connectivity index is 2.37. The van der Waals surface area contributed by atoms with Crippen LogP contribution in [0.25, 0.3) is 6.08 Å². The molecule has 0 saturated heterocycles. The van der Waals surface area contributed by atoms with Gasteiger partial charge in [-0.25, -0.2) is 4.99 Å². The summed E-state index contributed by atoms with van der Waals surface area (Å²) in [6, 6.07) is 3.47. The molecule has 2 rings (SSSR count). The van der Waals surface area contributed by atoms with Gasteiger partial charge in [-0.1, -0.05) is 29.4 Å². The summed E-state index contributed by atoms with van der Waals surface area (Å²) in [4.78, 5) is 16.3. The van der Waals surface area contributed by atoms with Gasteiger partial charge in [0.05, 0.1) is 11.6 Å². The molecule has 0 N–H and O–H groups in total. The SMILES string of the molecule is C=CCSC1=N/C(=C\c2cc(Cl)cc(Br)c2OC)C(=O)S1. The zero-order chi connectivity index (χ0) is 15.4. The van der Waals surface area contributed by atoms with Crippen LogP contribution < -0.4 is 4.74 Å². The first kappa shape index (κ1) is 16.7. The van der Waals surface area contributed by atoms with Crippen molar-refractivity contribution in [1.29, 1.82) is 0 Å². The highest BCUT2D eigenvalue weighted by Gasteiger charge is 2.23. The van der Waals surface area contributed by atoms with Gasteiger partial charge >= 0.3 is 0 Å². The third kappa shape index (κ3) is 4.16. The predicted octanol–water partition coefficient (Wildman–Crippen LogP) is 5.00. The summed E-state index contributed by atoms with van der Waals surface area (Å²) in [5, 5.41) is 0.470. The number of thioether (sulfide) groups is 2. The normalized spacial score (nSPS) is 16.2. The van der Waals surface area contributed by atoms with Gasteiger partial charge in [-0.2, -0.15) is 0 Å². The third-order valence-electron chi connectivity index (χ3n) is 2.46. The number of carbonyl (C=O) groups excluding carboxylic acids is 1. The maximum atomic E-state index is 12.0. The van der Waals surface area contributed by atoms with Crippen molar-refractivity contribution in [3.63, 3.8) is 0 Å². The van der Waals surface area contributed by atoms with Crippen LogP contribution in [-0.4, -0.2) is 22.4 Å². The van der Waals surface area contributed by atoms with Crippen LogP contribution in [0.5, 0.6) is 5.75 Å². The molecule has 0 amide bonds. The van der Waals surface area contributed by atoms with E-state index >= 15 is 0 Å². The van der Waals surface area contributed by atoms with E-state index in [-0.39, 0.29) is 5.12 Å². The van der Waals surface area contributed by atoms with E-state index in [1.807, 2.05) is 0 Å². The van der Waals surface area contributed by atoms with E-state index in [2.05, 4.69) is 27.5 Å². The van der Waals surface area contributed by atoms with Crippen molar-refractivity contribution in [3.8, 4) is 5.75 Å². The molecule has 1 aromatic carbocycles. The van der Waals surface area contributed by atoms with Crippen molar-refractivity contribution in [2.45, 2.75) is 0 Å². The van der Waals surface area contributed by atoms with Crippen molar-refractivity contribution in [3.05, 3.63) is 45.5 Å². The number of rotatable bonds is 4. The number of halogens is 2. The van der Waals surface area contributed by atoms with E-state index < -0.39 is 0 Å². The molecular weight excluding hydrogens is 394 g/mol. The van der Waals surface area contributed by atoms with E-state index in [0.29, 0.717) is 22.0 Å². The number of carbonyl (C=O) groups is 1. The van der Waals surface area contributed by atoms with Gasteiger partial charge in [-0.15, -0.1) is 6.58 Å². The topological polar surface area (TPSA) is 38.7 Å². The molecule has 7 heteroatoms. The first-order valence-electron chi connectivity index (χ1n) is 5.84. The van der Waals surface area contributed by atoms with Crippen LogP contribution in [0.1, 0.15) is 5.56 Å². The molecule has 0 bridgehead atoms. The average Bonchev–Trinajstić information content (AvgIpc) is 2.76. The van der Waals surface area contributed by atoms with Crippen molar-refractivity contribution >= 4 is 66.6 Å². The molecular formula is C14H11BrClNO2S2. The van der Waals surface area contributed by atoms with Crippen LogP contribution in [0.4, 0.5) is 0 Å². The highest BCUT2D eigenvalue weighted by molar-refractivity contribution is 9.10. The fourth-order valence-electron chi connectivity index (χ4n) is 1.63. The summed E-state index contributed by atoms with van der Waals surface area (Å²) in [5.74, 6) is 1.34. The Morgan fingerprint density at radius 1 is 1.57 bits per heavy atom. The van der Waals surface area contributed by atoms with Crippen LogP contribution in [0, 0.1) is 0 Å². The van der Waals surface area contributed by atoms with Gasteiger partial charge in [-0.3, -0.25) is 4.79 Å². The quantitative estimate of drug-likeness (QED) is 0.523. The van der Waals surface area contributed by atoms with Gasteiger partial charge < -0.3 is 4.74 Å². The van der Waals surface area contributed by atoms with Crippen LogP contribution in [0.15, 0.2) is 39.9 Å². The molecule has 0 unspecified atom stereocenters. The summed E-state index contributed by atoms with van der Waals surface area (Å²) in [6.45, 7) is 3.65. The number of ether oxygens (including phenoxy) is 1. The monoisotopic (exact) mass is 403 g/mol. The smallest absolute Gasteiger partial charge is 0.244 e. The molecule has 0 radical (unpaired) electrons. The van der Waals surface area contributed by atoms with E-state index in [9.17, 15) is 4.79 Å². The lowest BCUT2D eigenvalue weighted by atomic mass is 10.1. The average molecular weight is 405 g/mol. The van der Waals surface area contributed by atoms with Crippen LogP contribution >= 0.6 is 51.1 Å². The molecule has 0 aliphatic carbocycles. The number of methoxy groups -OCH3 is 1. The second-order valence-electron chi connectivity index (χ2n) is 3.91. The van der Waals surface area contributed by atoms with Crippen molar-refractivity contribution < 1.29 is 9.53 Å². The molecule has 0 atom stereocenters. The molecule has 21 heavy (non-hydrogen) atoms. The zero-order valence-electron chi connectivity index (χ0n) is 11.1. The fraction of sp³-hybridized carbons (Fsp3) is 0.143. The van der Waals surface area contributed by atoms with E-state index in [1.54, 1.807) is 31.4 Å². The number of hydrogen-bond donors (Lipinski definition) is 0. The largest absolute Gasteiger partial charge is 0.495 e. The fourth-order valence-corrected chi connectivity index (χ4v) is 4.23. The number of benzene rings is 1. The summed E-state index contributed by atoms with van der Waals surface area (Å²) in [5.41, 5.74) is 1.10. The summed E-state index contributed by atoms with van der Waals surface area (Å²) >= 11 is 12.0. The Morgan fingerprint density at radius 2 is 2.33 bits per heavy atom. The Kier molecular flexibility index (Phi) is 5.98. The molecule has 3 nitrogen and oxygen atoms in total. The molecule has 0 fully saturated rings. The molecule has 0 spiro atoms. The van der Waals surface area contributed by atoms with E-state index in [4.69, 9.17) is 16.3 Å². The molecule has 1 aliphatic rings. The Labute approximate surface area is 145 Å². The van der Waals surface area contributed by atoms with Gasteiger partial charge in [0.25, 0.3) is 0 Å². The minimum Gasteiger partial charge on any atom is -0.495 e. The minimum atomic E-state index is -0.0836. The Morgan fingerprint density at radius 3 is 3.00 bits per heavy atom. The summed E-state index contributed by atoms with van der Waals surface area (Å²) in [6.07, 6.45) is 3.46. The molecule has 1 aliphatic heterocycles. The van der Waals surface area contributed by atoms with Gasteiger partial charge in [0.15, 0.2) is 0 Å². The number of aliphatic imine (C=N–C) groups is 1. The van der Waals surface area contributed by atoms with Crippen LogP contribution in [-0.2, 0) is 4.79 Å². The minimum absolute atomic E-state index is 0.0836. The number of hydrogen-bond acceptors (Lipinski definition) is 5. The van der Waals surface area contributed by atoms with Gasteiger partial charge in [0.2, 0.25) is 5.12 Å². The predicted molar refractivity (Wildman–Crippen MR) is 96.4 cm³/mol. The lowest BCUT2D eigenvalue weighted by molar-refractivity contribution is -0.107. The summed E-state index contributed by atoms with van der Waals surface area (Å²) < 4.78 is 6.79. The van der Waals surface area contributed by atoms with Gasteiger partial charge in [0, 0.05) is 16.3 Å². The second-order valence-corrected chi connectivity index (χ2v) is 7.43. The molecule has 1 heterocycles. The molecule has 0 saturated carbocycles. The first-order valence-corrected chi connectivity index (χ1v) is 8.81. The van der Waals surface area contributed by atoms with Crippen molar-refractivity contribution in [2.24, 2.45) is 4.99 Å². The van der Waals surface area contributed by atoms with Crippen molar-refractivity contribution in [1.82, 2.24) is 0 Å². The highest BCUT2D eigenvalue weighted by Crippen LogP contribution is 2.36. The van der Waals surface area contributed by atoms with Gasteiger partial charge in [0.1, 0.15) is 15.8 Å². The standard InChI is InChI=1S/C14H11BrClNO2S2/c1-3-4-20-14-17-11(13(18)21-14)6-8-5-9(16)7-10(15)12(8)19-2/h3,5-7H,1,4H2,2H3/b11-6-. The Bertz CT molecular complexity index is 659. The van der Waals surface area contributed by atoms with E-state index in [1.165, 1.54) is 11.8 Å².